The second-order valence-corrected chi connectivity index (χ2v) is 16.2. The summed E-state index contributed by atoms with van der Waals surface area (Å²) in [5.74, 6) is -0.778. The first-order chi connectivity index (χ1) is 21.9. The molecule has 2 heterocycles. The lowest BCUT2D eigenvalue weighted by atomic mass is 9.70. The van der Waals surface area contributed by atoms with E-state index in [1.807, 2.05) is 6.92 Å². The van der Waals surface area contributed by atoms with E-state index in [9.17, 15) is 31.5 Å². The minimum absolute atomic E-state index is 0.0125. The third-order valence-corrected chi connectivity index (χ3v) is 12.8. The van der Waals surface area contributed by atoms with Crippen LogP contribution in [0.2, 0.25) is 0 Å². The topological polar surface area (TPSA) is 77.7 Å². The largest absolute Gasteiger partial charge is 0.496 e. The average Bonchev–Trinajstić information content (AvgIpc) is 3.74. The number of Topliss-reactive ketones (excluding diaryl/α,β-unsaturated/α-hetero) is 2. The average molecular weight is 792 g/mol. The molecule has 13 heteroatoms. The molecule has 4 bridgehead atoms. The number of fused-ring (bicyclic) bond motifs is 6. The van der Waals surface area contributed by atoms with E-state index in [0.717, 1.165) is 31.7 Å². The van der Waals surface area contributed by atoms with Crippen LogP contribution < -0.4 is 9.47 Å². The highest BCUT2D eigenvalue weighted by molar-refractivity contribution is 9.10. The summed E-state index contributed by atoms with van der Waals surface area (Å²) in [6.45, 7) is 4.80. The first kappa shape index (κ1) is 33.4. The third kappa shape index (κ3) is 4.71. The van der Waals surface area contributed by atoms with Gasteiger partial charge in [-0.1, -0.05) is 52.6 Å². The zero-order valence-corrected chi connectivity index (χ0v) is 29.2. The third-order valence-electron chi connectivity index (χ3n) is 11.9. The lowest BCUT2D eigenvalue weighted by molar-refractivity contribution is -0.153. The molecule has 2 spiro atoms. The van der Waals surface area contributed by atoms with Crippen molar-refractivity contribution in [3.8, 4) is 11.5 Å². The molecule has 0 amide bonds. The van der Waals surface area contributed by atoms with Gasteiger partial charge in [0, 0.05) is 26.2 Å². The number of methoxy groups -OCH3 is 1. The molecular weight excluding hydrogens is 759 g/mol. The lowest BCUT2D eigenvalue weighted by Gasteiger charge is -2.31. The molecule has 6 aliphatic rings. The molecule has 2 aromatic rings. The van der Waals surface area contributed by atoms with Gasteiger partial charge in [-0.2, -0.15) is 13.2 Å². The molecule has 0 N–H and O–H groups in total. The summed E-state index contributed by atoms with van der Waals surface area (Å²) in [4.78, 5) is 25.6. The van der Waals surface area contributed by atoms with Crippen LogP contribution in [0.1, 0.15) is 76.2 Å². The van der Waals surface area contributed by atoms with Crippen LogP contribution in [0.5, 0.6) is 11.5 Å². The molecular formula is C34H33Br2F5O6. The van der Waals surface area contributed by atoms with Crippen LogP contribution in [0.3, 0.4) is 0 Å². The van der Waals surface area contributed by atoms with E-state index in [1.165, 1.54) is 19.2 Å². The molecule has 8 unspecified atom stereocenters. The van der Waals surface area contributed by atoms with E-state index in [4.69, 9.17) is 18.9 Å². The molecule has 6 nitrogen and oxygen atoms in total. The zero-order valence-electron chi connectivity index (χ0n) is 26.0. The molecule has 8 atom stereocenters. The Morgan fingerprint density at radius 1 is 0.872 bits per heavy atom. The standard InChI is InChI=1S/C18H20BrFO3.C16H13BrF4O3/c1-16(2)12-5-6-17(16,3)15(21)18(12)14(23-18)13-10(20)7-9(19)8-11(13)22-4;17-9-4-10(18)12(11(5-9)23-6-15(19,20)21)14-16(24-14)8-2-1-7(3-8)13(16)22/h7-8,12,14H,5-6H2,1-4H3;4-5,7-8,14H,1-3,6H2. The van der Waals surface area contributed by atoms with Crippen LogP contribution in [-0.2, 0) is 19.1 Å². The van der Waals surface area contributed by atoms with Gasteiger partial charge in [-0.15, -0.1) is 0 Å². The monoisotopic (exact) mass is 790 g/mol. The summed E-state index contributed by atoms with van der Waals surface area (Å²) in [6, 6.07) is 5.54. The van der Waals surface area contributed by atoms with Gasteiger partial charge < -0.3 is 18.9 Å². The Bertz CT molecular complexity index is 1700. The summed E-state index contributed by atoms with van der Waals surface area (Å²) in [7, 11) is 1.51. The van der Waals surface area contributed by atoms with E-state index < -0.39 is 47.8 Å². The molecule has 8 rings (SSSR count). The van der Waals surface area contributed by atoms with Crippen molar-refractivity contribution >= 4 is 43.4 Å². The van der Waals surface area contributed by atoms with Crippen molar-refractivity contribution in [3.05, 3.63) is 56.0 Å². The molecule has 254 valence electrons. The van der Waals surface area contributed by atoms with Crippen molar-refractivity contribution in [2.75, 3.05) is 13.7 Å². The van der Waals surface area contributed by atoms with Crippen molar-refractivity contribution < 1.29 is 50.5 Å². The maximum Gasteiger partial charge on any atom is 0.422 e. The minimum Gasteiger partial charge on any atom is -0.496 e. The van der Waals surface area contributed by atoms with Crippen LogP contribution in [0.4, 0.5) is 22.0 Å². The number of halogens is 7. The Kier molecular flexibility index (Phi) is 7.61. The SMILES string of the molecule is COc1cc(Br)cc(F)c1C1OC12C(=O)C1(C)CCC2C1(C)C.O=C1C2CCC(C2)C12OC2c1c(F)cc(Br)cc1OCC(F)(F)F. The fraction of sp³-hybridized carbons (Fsp3) is 0.588. The molecule has 0 radical (unpaired) electrons. The highest BCUT2D eigenvalue weighted by Gasteiger charge is 2.83. The summed E-state index contributed by atoms with van der Waals surface area (Å²) in [6.07, 6.45) is -1.76. The molecule has 4 saturated carbocycles. The number of hydrogen-bond acceptors (Lipinski definition) is 6. The van der Waals surface area contributed by atoms with Gasteiger partial charge in [0.05, 0.1) is 18.2 Å². The van der Waals surface area contributed by atoms with Gasteiger partial charge >= 0.3 is 6.18 Å². The van der Waals surface area contributed by atoms with Gasteiger partial charge in [-0.05, 0) is 67.7 Å². The number of alkyl halides is 3. The van der Waals surface area contributed by atoms with Crippen LogP contribution in [0, 0.1) is 40.2 Å². The smallest absolute Gasteiger partial charge is 0.422 e. The number of ether oxygens (including phenoxy) is 4. The van der Waals surface area contributed by atoms with E-state index in [2.05, 4.69) is 45.7 Å². The summed E-state index contributed by atoms with van der Waals surface area (Å²) >= 11 is 6.32. The summed E-state index contributed by atoms with van der Waals surface area (Å²) in [5, 5.41) is 0. The predicted molar refractivity (Wildman–Crippen MR) is 165 cm³/mol. The Morgan fingerprint density at radius 2 is 1.45 bits per heavy atom. The first-order valence-electron chi connectivity index (χ1n) is 15.6. The van der Waals surface area contributed by atoms with Crippen LogP contribution >= 0.6 is 31.9 Å². The quantitative estimate of drug-likeness (QED) is 0.223. The van der Waals surface area contributed by atoms with E-state index in [0.29, 0.717) is 22.2 Å². The number of epoxide rings is 2. The highest BCUT2D eigenvalue weighted by Crippen LogP contribution is 2.77. The van der Waals surface area contributed by atoms with Crippen molar-refractivity contribution in [2.24, 2.45) is 28.6 Å². The van der Waals surface area contributed by atoms with E-state index in [1.54, 1.807) is 6.07 Å². The molecule has 2 aromatic carbocycles. The number of hydrogen-bond donors (Lipinski definition) is 0. The molecule has 0 aromatic heterocycles. The first-order valence-corrected chi connectivity index (χ1v) is 17.2. The number of benzene rings is 2. The van der Waals surface area contributed by atoms with Crippen molar-refractivity contribution in [3.63, 3.8) is 0 Å². The Labute approximate surface area is 285 Å². The zero-order chi connectivity index (χ0) is 34.1. The highest BCUT2D eigenvalue weighted by atomic mass is 79.9. The minimum atomic E-state index is -4.54. The maximum absolute atomic E-state index is 14.6. The number of rotatable bonds is 5. The van der Waals surface area contributed by atoms with E-state index >= 15 is 0 Å². The Balaban J connectivity index is 0.000000150. The molecule has 6 fully saturated rings. The molecule has 2 aliphatic heterocycles. The van der Waals surface area contributed by atoms with E-state index in [-0.39, 0.29) is 55.9 Å². The normalized spacial score (nSPS) is 37.0. The molecule has 47 heavy (non-hydrogen) atoms. The van der Waals surface area contributed by atoms with Gasteiger partial charge in [0.2, 0.25) is 0 Å². The van der Waals surface area contributed by atoms with Crippen molar-refractivity contribution in [2.45, 2.75) is 82.5 Å². The van der Waals surface area contributed by atoms with Gasteiger partial charge in [-0.3, -0.25) is 9.59 Å². The Morgan fingerprint density at radius 3 is 1.98 bits per heavy atom. The number of carbonyl (C=O) groups is 2. The summed E-state index contributed by atoms with van der Waals surface area (Å²) < 4.78 is 89.0. The second-order valence-electron chi connectivity index (χ2n) is 14.3. The summed E-state index contributed by atoms with van der Waals surface area (Å²) in [5.41, 5.74) is -2.16. The lowest BCUT2D eigenvalue weighted by Crippen LogP contribution is -2.37. The van der Waals surface area contributed by atoms with Gasteiger partial charge in [0.15, 0.2) is 29.4 Å². The molecule has 4 aliphatic carbocycles. The molecule has 2 saturated heterocycles. The fourth-order valence-corrected chi connectivity index (χ4v) is 10.1. The van der Waals surface area contributed by atoms with Gasteiger partial charge in [0.25, 0.3) is 0 Å². The predicted octanol–water partition coefficient (Wildman–Crippen LogP) is 8.77. The Hall–Kier alpha value is -2.09. The van der Waals surface area contributed by atoms with Crippen molar-refractivity contribution in [1.82, 2.24) is 0 Å². The van der Waals surface area contributed by atoms with Crippen LogP contribution in [0.25, 0.3) is 0 Å². The maximum atomic E-state index is 14.6. The second kappa shape index (κ2) is 10.7. The number of carbonyl (C=O) groups excluding carboxylic acids is 2. The van der Waals surface area contributed by atoms with Crippen molar-refractivity contribution in [1.29, 1.82) is 0 Å². The van der Waals surface area contributed by atoms with Gasteiger partial charge in [-0.25, -0.2) is 8.78 Å². The van der Waals surface area contributed by atoms with Crippen LogP contribution in [-0.4, -0.2) is 42.7 Å². The van der Waals surface area contributed by atoms with Gasteiger partial charge in [0.1, 0.15) is 35.3 Å². The van der Waals surface area contributed by atoms with Crippen LogP contribution in [0.15, 0.2) is 33.2 Å². The fourth-order valence-electron chi connectivity index (χ4n) is 9.26. The number of ketones is 2.